The molecule has 26 heavy (non-hydrogen) atoms. The van der Waals surface area contributed by atoms with Gasteiger partial charge in [0.2, 0.25) is 0 Å². The topological polar surface area (TPSA) is 112 Å². The number of rotatable bonds is 4. The number of hydrogen-bond donors (Lipinski definition) is 3. The van der Waals surface area contributed by atoms with Gasteiger partial charge in [-0.15, -0.1) is 0 Å². The molecule has 0 fully saturated rings. The third-order valence-electron chi connectivity index (χ3n) is 3.53. The Labute approximate surface area is 154 Å². The van der Waals surface area contributed by atoms with Gasteiger partial charge in [-0.25, -0.2) is 4.39 Å². The molecule has 1 aromatic heterocycles. The molecule has 3 N–H and O–H groups in total. The number of amides is 1. The second kappa shape index (κ2) is 7.04. The van der Waals surface area contributed by atoms with Crippen LogP contribution in [0.2, 0.25) is 0 Å². The second-order valence-electron chi connectivity index (χ2n) is 5.31. The van der Waals surface area contributed by atoms with E-state index in [0.29, 0.717) is 15.6 Å². The van der Waals surface area contributed by atoms with Crippen molar-refractivity contribution in [2.45, 2.75) is 0 Å². The lowest BCUT2D eigenvalue weighted by Gasteiger charge is -2.12. The second-order valence-corrected chi connectivity index (χ2v) is 6.22. The van der Waals surface area contributed by atoms with Crippen LogP contribution in [0.1, 0.15) is 10.4 Å². The Balaban J connectivity index is 2.21. The van der Waals surface area contributed by atoms with Crippen molar-refractivity contribution in [2.24, 2.45) is 0 Å². The van der Waals surface area contributed by atoms with Gasteiger partial charge in [0.15, 0.2) is 0 Å². The minimum atomic E-state index is -1.23. The van der Waals surface area contributed by atoms with Crippen molar-refractivity contribution in [1.29, 1.82) is 0 Å². The molecular formula is C17H11BrFN3O4. The molecule has 0 aliphatic carbocycles. The van der Waals surface area contributed by atoms with Gasteiger partial charge in [0.05, 0.1) is 5.52 Å². The summed E-state index contributed by atoms with van der Waals surface area (Å²) in [6, 6.07) is 5.45. The first-order valence-corrected chi connectivity index (χ1v) is 8.09. The van der Waals surface area contributed by atoms with Crippen LogP contribution in [0.3, 0.4) is 0 Å². The maximum atomic E-state index is 13.7. The highest BCUT2D eigenvalue weighted by Gasteiger charge is 2.21. The number of nitrogens with zero attached hydrogens (tertiary/aromatic N) is 2. The van der Waals surface area contributed by atoms with E-state index in [1.54, 1.807) is 6.07 Å². The fourth-order valence-electron chi connectivity index (χ4n) is 2.51. The van der Waals surface area contributed by atoms with Gasteiger partial charge in [0, 0.05) is 22.4 Å². The average molecular weight is 420 g/mol. The molecule has 0 spiro atoms. The highest BCUT2D eigenvalue weighted by Crippen LogP contribution is 2.35. The summed E-state index contributed by atoms with van der Waals surface area (Å²) in [7, 11) is 0. The number of nitrogens with one attached hydrogen (secondary N) is 1. The van der Waals surface area contributed by atoms with Crippen LogP contribution in [0.4, 0.5) is 4.39 Å². The first-order chi connectivity index (χ1) is 12.4. The number of carbonyl (C=O) groups is 2. The minimum absolute atomic E-state index is 0.0748. The smallest absolute Gasteiger partial charge is 0.322 e. The van der Waals surface area contributed by atoms with Gasteiger partial charge in [-0.1, -0.05) is 15.9 Å². The summed E-state index contributed by atoms with van der Waals surface area (Å²) in [6.07, 6.45) is 2.73. The van der Waals surface area contributed by atoms with E-state index in [-0.39, 0.29) is 16.6 Å². The van der Waals surface area contributed by atoms with E-state index in [1.165, 1.54) is 30.6 Å². The summed E-state index contributed by atoms with van der Waals surface area (Å²) in [6.45, 7) is -0.612. The van der Waals surface area contributed by atoms with Crippen molar-refractivity contribution in [3.63, 3.8) is 0 Å². The number of fused-ring (bicyclic) bond motifs is 1. The molecule has 0 aliphatic heterocycles. The van der Waals surface area contributed by atoms with Crippen LogP contribution in [0, 0.1) is 5.82 Å². The molecule has 0 saturated heterocycles. The van der Waals surface area contributed by atoms with Crippen LogP contribution >= 0.6 is 15.9 Å². The predicted molar refractivity (Wildman–Crippen MR) is 94.3 cm³/mol. The molecule has 0 radical (unpaired) electrons. The molecule has 1 amide bonds. The van der Waals surface area contributed by atoms with Crippen LogP contribution in [0.5, 0.6) is 5.75 Å². The van der Waals surface area contributed by atoms with Crippen molar-refractivity contribution in [2.75, 3.05) is 6.54 Å². The summed E-state index contributed by atoms with van der Waals surface area (Å²) in [4.78, 5) is 31.2. The van der Waals surface area contributed by atoms with Crippen molar-refractivity contribution in [1.82, 2.24) is 15.3 Å². The molecule has 9 heteroatoms. The van der Waals surface area contributed by atoms with E-state index >= 15 is 0 Å². The molecule has 0 atom stereocenters. The zero-order valence-corrected chi connectivity index (χ0v) is 14.6. The Morgan fingerprint density at radius 2 is 1.81 bits per heavy atom. The van der Waals surface area contributed by atoms with E-state index < -0.39 is 30.0 Å². The quantitative estimate of drug-likeness (QED) is 0.599. The molecule has 0 saturated carbocycles. The average Bonchev–Trinajstić information content (AvgIpc) is 2.58. The SMILES string of the molecule is O=C(O)CNC(=O)c1c(O)cc(-c2cc(F)cc(Br)c2)c2nccnc12. The van der Waals surface area contributed by atoms with Gasteiger partial charge < -0.3 is 15.5 Å². The molecule has 2 aromatic carbocycles. The van der Waals surface area contributed by atoms with Crippen LogP contribution in [0.25, 0.3) is 22.2 Å². The minimum Gasteiger partial charge on any atom is -0.507 e. The fourth-order valence-corrected chi connectivity index (χ4v) is 2.98. The van der Waals surface area contributed by atoms with Crippen LogP contribution < -0.4 is 5.32 Å². The molecule has 0 aliphatic rings. The van der Waals surface area contributed by atoms with Gasteiger partial charge in [-0.3, -0.25) is 19.6 Å². The molecular weight excluding hydrogens is 409 g/mol. The number of carbonyl (C=O) groups excluding carboxylic acids is 1. The van der Waals surface area contributed by atoms with Crippen LogP contribution in [0.15, 0.2) is 41.1 Å². The van der Waals surface area contributed by atoms with Crippen molar-refractivity contribution in [3.8, 4) is 16.9 Å². The Bertz CT molecular complexity index is 1020. The number of aromatic hydroxyl groups is 1. The molecule has 7 nitrogen and oxygen atoms in total. The number of hydrogen-bond acceptors (Lipinski definition) is 5. The normalized spacial score (nSPS) is 10.7. The Hall–Kier alpha value is -3.07. The number of aromatic nitrogens is 2. The largest absolute Gasteiger partial charge is 0.507 e. The molecule has 1 heterocycles. The maximum absolute atomic E-state index is 13.7. The summed E-state index contributed by atoms with van der Waals surface area (Å²) in [5.41, 5.74) is 0.943. The van der Waals surface area contributed by atoms with Crippen molar-refractivity contribution < 1.29 is 24.2 Å². The molecule has 132 valence electrons. The number of phenols is 1. The van der Waals surface area contributed by atoms with Gasteiger partial charge in [-0.2, -0.15) is 0 Å². The van der Waals surface area contributed by atoms with Gasteiger partial charge in [0.25, 0.3) is 5.91 Å². The van der Waals surface area contributed by atoms with E-state index in [9.17, 15) is 19.1 Å². The zero-order chi connectivity index (χ0) is 18.8. The standard InChI is InChI=1S/C17H11BrFN3O4/c18-9-3-8(4-10(19)5-9)11-6-12(23)14(17(26)22-7-13(24)25)16-15(11)20-1-2-21-16/h1-6,23H,7H2,(H,22,26)(H,24,25). The Morgan fingerprint density at radius 3 is 2.46 bits per heavy atom. The first kappa shape index (κ1) is 17.7. The molecule has 0 unspecified atom stereocenters. The number of carboxylic acid groups (broad SMARTS) is 1. The Kier molecular flexibility index (Phi) is 4.81. The first-order valence-electron chi connectivity index (χ1n) is 7.30. The lowest BCUT2D eigenvalue weighted by molar-refractivity contribution is -0.135. The van der Waals surface area contributed by atoms with Crippen molar-refractivity contribution >= 4 is 38.8 Å². The van der Waals surface area contributed by atoms with Gasteiger partial charge in [-0.05, 0) is 29.8 Å². The van der Waals surface area contributed by atoms with E-state index in [2.05, 4.69) is 31.2 Å². The van der Waals surface area contributed by atoms with Crippen LogP contribution in [-0.4, -0.2) is 38.6 Å². The Morgan fingerprint density at radius 1 is 1.12 bits per heavy atom. The van der Waals surface area contributed by atoms with Gasteiger partial charge in [0.1, 0.15) is 29.2 Å². The number of halogens is 2. The lowest BCUT2D eigenvalue weighted by Crippen LogP contribution is -2.29. The molecule has 0 bridgehead atoms. The number of aliphatic carboxylic acids is 1. The van der Waals surface area contributed by atoms with E-state index in [0.717, 1.165) is 0 Å². The van der Waals surface area contributed by atoms with Crippen LogP contribution in [-0.2, 0) is 4.79 Å². The predicted octanol–water partition coefficient (Wildman–Crippen LogP) is 2.72. The number of carboxylic acids is 1. The summed E-state index contributed by atoms with van der Waals surface area (Å²) in [5.74, 6) is -2.94. The maximum Gasteiger partial charge on any atom is 0.322 e. The summed E-state index contributed by atoms with van der Waals surface area (Å²) in [5, 5.41) is 21.2. The van der Waals surface area contributed by atoms with E-state index in [1.807, 2.05) is 0 Å². The number of benzene rings is 2. The lowest BCUT2D eigenvalue weighted by atomic mass is 9.99. The third kappa shape index (κ3) is 3.47. The van der Waals surface area contributed by atoms with Gasteiger partial charge >= 0.3 is 5.97 Å². The fraction of sp³-hybridized carbons (Fsp3) is 0.0588. The zero-order valence-electron chi connectivity index (χ0n) is 13.0. The third-order valence-corrected chi connectivity index (χ3v) is 3.99. The molecule has 3 rings (SSSR count). The van der Waals surface area contributed by atoms with E-state index in [4.69, 9.17) is 5.11 Å². The molecule has 3 aromatic rings. The highest BCUT2D eigenvalue weighted by atomic mass is 79.9. The monoisotopic (exact) mass is 419 g/mol. The summed E-state index contributed by atoms with van der Waals surface area (Å²) >= 11 is 3.21. The highest BCUT2D eigenvalue weighted by molar-refractivity contribution is 9.10. The van der Waals surface area contributed by atoms with Crippen molar-refractivity contribution in [3.05, 3.63) is 52.5 Å². The number of phenolic OH excluding ortho intramolecular Hbond substituents is 1. The summed E-state index contributed by atoms with van der Waals surface area (Å²) < 4.78 is 14.2.